The number of carbonyl (C=O) groups excluding carboxylic acids is 2. The van der Waals surface area contributed by atoms with Crippen molar-refractivity contribution in [3.63, 3.8) is 0 Å². The zero-order valence-corrected chi connectivity index (χ0v) is 11.0. The van der Waals surface area contributed by atoms with Gasteiger partial charge in [-0.15, -0.1) is 0 Å². The van der Waals surface area contributed by atoms with Crippen LogP contribution in [0.3, 0.4) is 0 Å². The van der Waals surface area contributed by atoms with E-state index in [1.54, 1.807) is 0 Å². The summed E-state index contributed by atoms with van der Waals surface area (Å²) in [7, 11) is 0. The summed E-state index contributed by atoms with van der Waals surface area (Å²) in [6.45, 7) is 4.97. The zero-order chi connectivity index (χ0) is 12.3. The molecule has 5 nitrogen and oxygen atoms in total. The van der Waals surface area contributed by atoms with Gasteiger partial charge in [-0.1, -0.05) is 22.9 Å². The lowest BCUT2D eigenvalue weighted by atomic mass is 9.98. The normalized spacial score (nSPS) is 34.2. The lowest BCUT2D eigenvalue weighted by Gasteiger charge is -2.37. The molecule has 1 saturated heterocycles. The predicted octanol–water partition coefficient (Wildman–Crippen LogP) is 1.24. The van der Waals surface area contributed by atoms with Gasteiger partial charge in [0.05, 0.1) is 6.61 Å². The molecule has 0 aromatic heterocycles. The van der Waals surface area contributed by atoms with E-state index in [1.165, 1.54) is 13.8 Å². The molecule has 0 aromatic carbocycles. The molecular weight excluding hydrogens is 280 g/mol. The molecule has 1 aliphatic heterocycles. The topological polar surface area (TPSA) is 61.8 Å². The third-order valence-corrected chi connectivity index (χ3v) is 3.05. The van der Waals surface area contributed by atoms with Gasteiger partial charge in [-0.05, 0) is 0 Å². The monoisotopic (exact) mass is 294 g/mol. The average Bonchev–Trinajstić information content (AvgIpc) is 2.16. The molecule has 0 bridgehead atoms. The van der Waals surface area contributed by atoms with E-state index in [9.17, 15) is 9.59 Å². The summed E-state index contributed by atoms with van der Waals surface area (Å²) >= 11 is 3.25. The predicted molar refractivity (Wildman–Crippen MR) is 58.9 cm³/mol. The van der Waals surface area contributed by atoms with Crippen LogP contribution in [0.25, 0.3) is 0 Å². The van der Waals surface area contributed by atoms with Crippen molar-refractivity contribution in [2.24, 2.45) is 5.92 Å². The van der Waals surface area contributed by atoms with Crippen LogP contribution in [0.15, 0.2) is 0 Å². The molecule has 1 fully saturated rings. The number of ether oxygens (including phenoxy) is 3. The maximum absolute atomic E-state index is 11.0. The van der Waals surface area contributed by atoms with Crippen molar-refractivity contribution in [1.29, 1.82) is 0 Å². The van der Waals surface area contributed by atoms with Crippen LogP contribution >= 0.6 is 15.9 Å². The number of hydrogen-bond acceptors (Lipinski definition) is 5. The van der Waals surface area contributed by atoms with Gasteiger partial charge in [0.25, 0.3) is 0 Å². The molecule has 1 aliphatic rings. The lowest BCUT2D eigenvalue weighted by molar-refractivity contribution is -0.191. The molecule has 16 heavy (non-hydrogen) atoms. The Morgan fingerprint density at radius 1 is 1.19 bits per heavy atom. The van der Waals surface area contributed by atoms with Crippen LogP contribution in [0.5, 0.6) is 0 Å². The Morgan fingerprint density at radius 2 is 1.69 bits per heavy atom. The third-order valence-electron chi connectivity index (χ3n) is 2.27. The third kappa shape index (κ3) is 3.45. The first kappa shape index (κ1) is 13.4. The summed E-state index contributed by atoms with van der Waals surface area (Å²) in [5.41, 5.74) is 0. The maximum atomic E-state index is 11.0. The van der Waals surface area contributed by atoms with Crippen molar-refractivity contribution >= 4 is 27.9 Å². The van der Waals surface area contributed by atoms with E-state index in [4.69, 9.17) is 14.2 Å². The van der Waals surface area contributed by atoms with Crippen molar-refractivity contribution in [3.05, 3.63) is 0 Å². The van der Waals surface area contributed by atoms with E-state index in [2.05, 4.69) is 15.9 Å². The SMILES string of the molecule is CC(=O)O[C@H]1[C@H](C)COC(Br)[C@@H]1OC(C)=O. The minimum atomic E-state index is -0.606. The Labute approximate surface area is 103 Å². The van der Waals surface area contributed by atoms with Crippen LogP contribution in [0, 0.1) is 5.92 Å². The highest BCUT2D eigenvalue weighted by Crippen LogP contribution is 2.28. The molecule has 0 saturated carbocycles. The molecule has 1 unspecified atom stereocenters. The van der Waals surface area contributed by atoms with E-state index in [1.807, 2.05) is 6.92 Å². The largest absolute Gasteiger partial charge is 0.458 e. The number of esters is 2. The number of halogens is 1. The maximum Gasteiger partial charge on any atom is 0.303 e. The van der Waals surface area contributed by atoms with Gasteiger partial charge in [0.1, 0.15) is 6.10 Å². The lowest BCUT2D eigenvalue weighted by Crippen LogP contribution is -2.50. The highest BCUT2D eigenvalue weighted by Gasteiger charge is 2.41. The molecule has 4 atom stereocenters. The first-order valence-electron chi connectivity index (χ1n) is 5.02. The van der Waals surface area contributed by atoms with E-state index in [0.717, 1.165) is 0 Å². The van der Waals surface area contributed by atoms with Gasteiger partial charge >= 0.3 is 11.9 Å². The van der Waals surface area contributed by atoms with Crippen LogP contribution in [0.1, 0.15) is 20.8 Å². The first-order chi connectivity index (χ1) is 7.41. The van der Waals surface area contributed by atoms with Gasteiger partial charge in [-0.2, -0.15) is 0 Å². The second-order valence-electron chi connectivity index (χ2n) is 3.81. The molecule has 6 heteroatoms. The van der Waals surface area contributed by atoms with Gasteiger partial charge in [0.15, 0.2) is 11.1 Å². The molecule has 92 valence electrons. The Hall–Kier alpha value is -0.620. The second-order valence-corrected chi connectivity index (χ2v) is 4.71. The number of rotatable bonds is 2. The van der Waals surface area contributed by atoms with Crippen molar-refractivity contribution in [2.75, 3.05) is 6.61 Å². The summed E-state index contributed by atoms with van der Waals surface area (Å²) < 4.78 is 15.6. The molecule has 0 N–H and O–H groups in total. The number of alkyl halides is 1. The fourth-order valence-electron chi connectivity index (χ4n) is 1.59. The van der Waals surface area contributed by atoms with Gasteiger partial charge in [0, 0.05) is 19.8 Å². The van der Waals surface area contributed by atoms with E-state index < -0.39 is 29.2 Å². The summed E-state index contributed by atoms with van der Waals surface area (Å²) in [6.07, 6.45) is -1.08. The molecule has 1 heterocycles. The number of hydrogen-bond donors (Lipinski definition) is 0. The van der Waals surface area contributed by atoms with Gasteiger partial charge < -0.3 is 14.2 Å². The van der Waals surface area contributed by atoms with Gasteiger partial charge in [-0.25, -0.2) is 0 Å². The van der Waals surface area contributed by atoms with Crippen LogP contribution in [0.4, 0.5) is 0 Å². The smallest absolute Gasteiger partial charge is 0.303 e. The molecule has 1 rings (SSSR count). The van der Waals surface area contributed by atoms with Crippen molar-refractivity contribution in [3.8, 4) is 0 Å². The fraction of sp³-hybridized carbons (Fsp3) is 0.800. The Kier molecular flexibility index (Phi) is 4.73. The first-order valence-corrected chi connectivity index (χ1v) is 5.93. The minimum Gasteiger partial charge on any atom is -0.458 e. The van der Waals surface area contributed by atoms with Crippen LogP contribution in [-0.4, -0.2) is 35.8 Å². The molecule has 0 radical (unpaired) electrons. The van der Waals surface area contributed by atoms with E-state index in [0.29, 0.717) is 6.61 Å². The molecule has 0 amide bonds. The molecule has 0 aromatic rings. The van der Waals surface area contributed by atoms with E-state index in [-0.39, 0.29) is 5.92 Å². The van der Waals surface area contributed by atoms with Gasteiger partial charge in [-0.3, -0.25) is 9.59 Å². The standard InChI is InChI=1S/C10H15BrO5/c1-5-4-14-10(11)9(16-7(3)13)8(5)15-6(2)12/h5,8-10H,4H2,1-3H3/t5-,8+,9-,10?/m1/s1. The fourth-order valence-corrected chi connectivity index (χ4v) is 2.15. The quantitative estimate of drug-likeness (QED) is 0.566. The second kappa shape index (κ2) is 5.63. The summed E-state index contributed by atoms with van der Waals surface area (Å²) in [4.78, 5) is 21.9. The van der Waals surface area contributed by atoms with Crippen LogP contribution < -0.4 is 0 Å². The minimum absolute atomic E-state index is 0.0120. The summed E-state index contributed by atoms with van der Waals surface area (Å²) in [5, 5.41) is -0.447. The Balaban J connectivity index is 2.76. The Bertz CT molecular complexity index is 252. The number of carbonyl (C=O) groups is 2. The molecule has 0 aliphatic carbocycles. The summed E-state index contributed by atoms with van der Waals surface area (Å²) in [5.74, 6) is -0.832. The van der Waals surface area contributed by atoms with Crippen molar-refractivity contribution in [2.45, 2.75) is 38.0 Å². The highest BCUT2D eigenvalue weighted by molar-refractivity contribution is 9.09. The van der Waals surface area contributed by atoms with E-state index >= 15 is 0 Å². The highest BCUT2D eigenvalue weighted by atomic mass is 79.9. The zero-order valence-electron chi connectivity index (χ0n) is 9.44. The van der Waals surface area contributed by atoms with Crippen molar-refractivity contribution in [1.82, 2.24) is 0 Å². The summed E-state index contributed by atoms with van der Waals surface area (Å²) in [6, 6.07) is 0. The van der Waals surface area contributed by atoms with Crippen LogP contribution in [-0.2, 0) is 23.8 Å². The molecular formula is C10H15BrO5. The van der Waals surface area contributed by atoms with Crippen LogP contribution in [0.2, 0.25) is 0 Å². The Morgan fingerprint density at radius 3 is 2.19 bits per heavy atom. The molecule has 0 spiro atoms. The average molecular weight is 295 g/mol. The van der Waals surface area contributed by atoms with Crippen molar-refractivity contribution < 1.29 is 23.8 Å². The van der Waals surface area contributed by atoms with Gasteiger partial charge in [0.2, 0.25) is 0 Å².